The molecule has 0 aliphatic carbocycles. The summed E-state index contributed by atoms with van der Waals surface area (Å²) in [6.45, 7) is 1.88. The molecule has 98 valence electrons. The van der Waals surface area contributed by atoms with E-state index in [0.29, 0.717) is 16.3 Å². The average molecular weight is 281 g/mol. The predicted octanol–water partition coefficient (Wildman–Crippen LogP) is 3.14. The van der Waals surface area contributed by atoms with E-state index < -0.39 is 0 Å². The number of aryl methyl sites for hydroxylation is 1. The van der Waals surface area contributed by atoms with Gasteiger partial charge in [0.2, 0.25) is 5.78 Å². The van der Waals surface area contributed by atoms with Gasteiger partial charge in [-0.2, -0.15) is 0 Å². The molecule has 0 amide bonds. The molecular formula is C15H11N3OS. The van der Waals surface area contributed by atoms with Crippen LogP contribution in [-0.4, -0.2) is 20.7 Å². The quantitative estimate of drug-likeness (QED) is 0.692. The number of ketones is 1. The highest BCUT2D eigenvalue weighted by atomic mass is 32.1. The van der Waals surface area contributed by atoms with Crippen LogP contribution in [0, 0.1) is 6.92 Å². The highest BCUT2D eigenvalue weighted by molar-refractivity contribution is 7.12. The fraction of sp³-hybridized carbons (Fsp3) is 0.0667. The molecule has 2 aromatic heterocycles. The van der Waals surface area contributed by atoms with E-state index in [4.69, 9.17) is 0 Å². The van der Waals surface area contributed by atoms with E-state index >= 15 is 0 Å². The fourth-order valence-corrected chi connectivity index (χ4v) is 2.62. The van der Waals surface area contributed by atoms with E-state index in [1.807, 2.05) is 30.5 Å². The van der Waals surface area contributed by atoms with Gasteiger partial charge in [0.25, 0.3) is 0 Å². The largest absolute Gasteiger partial charge is 0.286 e. The summed E-state index contributed by atoms with van der Waals surface area (Å²) in [6, 6.07) is 9.14. The van der Waals surface area contributed by atoms with Crippen molar-refractivity contribution in [2.24, 2.45) is 0 Å². The summed E-state index contributed by atoms with van der Waals surface area (Å²) in [7, 11) is 0. The lowest BCUT2D eigenvalue weighted by atomic mass is 10.1. The first-order valence-corrected chi connectivity index (χ1v) is 6.97. The number of carbonyl (C=O) groups excluding carboxylic acids is 1. The van der Waals surface area contributed by atoms with Crippen LogP contribution >= 0.6 is 11.3 Å². The Hall–Kier alpha value is -2.40. The van der Waals surface area contributed by atoms with Gasteiger partial charge in [-0.3, -0.25) is 14.8 Å². The summed E-state index contributed by atoms with van der Waals surface area (Å²) < 4.78 is 0. The summed E-state index contributed by atoms with van der Waals surface area (Å²) in [5.74, 6) is -0.0663. The van der Waals surface area contributed by atoms with Crippen molar-refractivity contribution in [2.75, 3.05) is 0 Å². The number of aromatic nitrogens is 3. The van der Waals surface area contributed by atoms with Crippen molar-refractivity contribution in [3.05, 3.63) is 64.4 Å². The zero-order valence-electron chi connectivity index (χ0n) is 10.8. The molecule has 0 bridgehead atoms. The highest BCUT2D eigenvalue weighted by Crippen LogP contribution is 2.23. The monoisotopic (exact) mass is 281 g/mol. The third-order valence-electron chi connectivity index (χ3n) is 2.86. The number of carbonyl (C=O) groups is 1. The fourth-order valence-electron chi connectivity index (χ4n) is 1.86. The first-order valence-electron chi connectivity index (χ1n) is 6.09. The molecule has 0 unspecified atom stereocenters. The minimum atomic E-state index is -0.0663. The molecule has 5 heteroatoms. The number of hydrogen-bond acceptors (Lipinski definition) is 5. The molecule has 0 atom stereocenters. The summed E-state index contributed by atoms with van der Waals surface area (Å²) >= 11 is 1.33. The maximum Gasteiger partial charge on any atom is 0.221 e. The second-order valence-corrected chi connectivity index (χ2v) is 5.08. The summed E-state index contributed by atoms with van der Waals surface area (Å²) in [5, 5.41) is 2.31. The summed E-state index contributed by atoms with van der Waals surface area (Å²) in [5.41, 5.74) is 2.86. The standard InChI is InChI=1S/C15H11N3OS/c1-10-13(17-8-7-16-10)12-9-20-15(18-12)14(19)11-5-3-2-4-6-11/h2-9H,1H3. The van der Waals surface area contributed by atoms with Gasteiger partial charge in [0, 0.05) is 23.3 Å². The zero-order valence-corrected chi connectivity index (χ0v) is 11.6. The van der Waals surface area contributed by atoms with E-state index in [9.17, 15) is 4.79 Å². The topological polar surface area (TPSA) is 55.7 Å². The lowest BCUT2D eigenvalue weighted by Gasteiger charge is -1.99. The molecule has 1 aromatic carbocycles. The van der Waals surface area contributed by atoms with Crippen molar-refractivity contribution in [3.8, 4) is 11.4 Å². The highest BCUT2D eigenvalue weighted by Gasteiger charge is 2.15. The first-order chi connectivity index (χ1) is 9.75. The third-order valence-corrected chi connectivity index (χ3v) is 3.70. The molecule has 0 fully saturated rings. The van der Waals surface area contributed by atoms with Gasteiger partial charge in [-0.25, -0.2) is 4.98 Å². The van der Waals surface area contributed by atoms with E-state index in [1.165, 1.54) is 11.3 Å². The van der Waals surface area contributed by atoms with Gasteiger partial charge in [0.1, 0.15) is 11.4 Å². The van der Waals surface area contributed by atoms with Crippen LogP contribution in [0.2, 0.25) is 0 Å². The van der Waals surface area contributed by atoms with E-state index in [1.54, 1.807) is 24.5 Å². The molecule has 3 rings (SSSR count). The van der Waals surface area contributed by atoms with Crippen LogP contribution in [0.3, 0.4) is 0 Å². The first kappa shape index (κ1) is 12.6. The van der Waals surface area contributed by atoms with Crippen molar-refractivity contribution in [1.82, 2.24) is 15.0 Å². The second kappa shape index (κ2) is 5.30. The maximum atomic E-state index is 12.3. The molecular weight excluding hydrogens is 270 g/mol. The van der Waals surface area contributed by atoms with E-state index in [0.717, 1.165) is 11.4 Å². The third kappa shape index (κ3) is 2.35. The molecule has 0 saturated heterocycles. The lowest BCUT2D eigenvalue weighted by Crippen LogP contribution is -2.00. The second-order valence-electron chi connectivity index (χ2n) is 4.22. The van der Waals surface area contributed by atoms with Crippen LogP contribution in [0.1, 0.15) is 21.1 Å². The van der Waals surface area contributed by atoms with Gasteiger partial charge in [-0.1, -0.05) is 30.3 Å². The molecule has 0 aliphatic rings. The maximum absolute atomic E-state index is 12.3. The molecule has 0 radical (unpaired) electrons. The van der Waals surface area contributed by atoms with Gasteiger partial charge in [0.05, 0.1) is 5.69 Å². The molecule has 3 aromatic rings. The van der Waals surface area contributed by atoms with Gasteiger partial charge < -0.3 is 0 Å². The summed E-state index contributed by atoms with van der Waals surface area (Å²) in [6.07, 6.45) is 3.27. The van der Waals surface area contributed by atoms with E-state index in [-0.39, 0.29) is 5.78 Å². The van der Waals surface area contributed by atoms with E-state index in [2.05, 4.69) is 15.0 Å². The molecule has 0 saturated carbocycles. The Morgan fingerprint density at radius 3 is 2.60 bits per heavy atom. The molecule has 0 aliphatic heterocycles. The Bertz CT molecular complexity index is 753. The van der Waals surface area contributed by atoms with Crippen LogP contribution in [0.25, 0.3) is 11.4 Å². The van der Waals surface area contributed by atoms with Crippen molar-refractivity contribution < 1.29 is 4.79 Å². The van der Waals surface area contributed by atoms with Crippen molar-refractivity contribution in [2.45, 2.75) is 6.92 Å². The smallest absolute Gasteiger partial charge is 0.221 e. The van der Waals surface area contributed by atoms with Crippen LogP contribution in [0.4, 0.5) is 0 Å². The number of rotatable bonds is 3. The average Bonchev–Trinajstić information content (AvgIpc) is 2.97. The van der Waals surface area contributed by atoms with Crippen LogP contribution in [0.5, 0.6) is 0 Å². The Morgan fingerprint density at radius 2 is 1.85 bits per heavy atom. The van der Waals surface area contributed by atoms with Gasteiger partial charge in [-0.15, -0.1) is 11.3 Å². The minimum absolute atomic E-state index is 0.0663. The Balaban J connectivity index is 1.95. The molecule has 2 heterocycles. The van der Waals surface area contributed by atoms with Crippen molar-refractivity contribution in [1.29, 1.82) is 0 Å². The Morgan fingerprint density at radius 1 is 1.10 bits per heavy atom. The van der Waals surface area contributed by atoms with Crippen LogP contribution < -0.4 is 0 Å². The number of thiazole rings is 1. The molecule has 0 N–H and O–H groups in total. The van der Waals surface area contributed by atoms with Gasteiger partial charge in [-0.05, 0) is 6.92 Å². The Labute approximate surface area is 120 Å². The van der Waals surface area contributed by atoms with Crippen molar-refractivity contribution in [3.63, 3.8) is 0 Å². The zero-order chi connectivity index (χ0) is 13.9. The molecule has 20 heavy (non-hydrogen) atoms. The minimum Gasteiger partial charge on any atom is -0.286 e. The number of hydrogen-bond donors (Lipinski definition) is 0. The van der Waals surface area contributed by atoms with Crippen LogP contribution in [0.15, 0.2) is 48.1 Å². The SMILES string of the molecule is Cc1nccnc1-c1csc(C(=O)c2ccccc2)n1. The number of nitrogens with zero attached hydrogens (tertiary/aromatic N) is 3. The predicted molar refractivity (Wildman–Crippen MR) is 77.8 cm³/mol. The molecule has 4 nitrogen and oxygen atoms in total. The summed E-state index contributed by atoms with van der Waals surface area (Å²) in [4.78, 5) is 25.1. The number of benzene rings is 1. The Kier molecular flexibility index (Phi) is 3.35. The normalized spacial score (nSPS) is 10.4. The molecule has 0 spiro atoms. The lowest BCUT2D eigenvalue weighted by molar-refractivity contribution is 0.103. The van der Waals surface area contributed by atoms with Crippen LogP contribution in [-0.2, 0) is 0 Å². The van der Waals surface area contributed by atoms with Crippen molar-refractivity contribution >= 4 is 17.1 Å². The van der Waals surface area contributed by atoms with Gasteiger partial charge in [0.15, 0.2) is 5.01 Å². The van der Waals surface area contributed by atoms with Gasteiger partial charge >= 0.3 is 0 Å².